The van der Waals surface area contributed by atoms with E-state index in [1.165, 1.54) is 0 Å². The van der Waals surface area contributed by atoms with E-state index in [1.54, 1.807) is 0 Å². The lowest BCUT2D eigenvalue weighted by molar-refractivity contribution is -0.136. The molecule has 0 fully saturated rings. The van der Waals surface area contributed by atoms with E-state index in [0.717, 1.165) is 32.7 Å². The minimum absolute atomic E-state index is 0.121. The third kappa shape index (κ3) is 5.57. The lowest BCUT2D eigenvalue weighted by Crippen LogP contribution is -2.10. The van der Waals surface area contributed by atoms with Crippen molar-refractivity contribution < 1.29 is 19.4 Å². The Morgan fingerprint density at radius 3 is 2.42 bits per heavy atom. The van der Waals surface area contributed by atoms with Crippen LogP contribution in [0.4, 0.5) is 0 Å². The molecule has 2 rings (SSSR count). The third-order valence-corrected chi connectivity index (χ3v) is 4.19. The van der Waals surface area contributed by atoms with Crippen molar-refractivity contribution in [2.75, 3.05) is 13.2 Å². The van der Waals surface area contributed by atoms with Gasteiger partial charge in [0, 0.05) is 6.42 Å². The fourth-order valence-electron chi connectivity index (χ4n) is 2.23. The lowest BCUT2D eigenvalue weighted by Gasteiger charge is -2.12. The van der Waals surface area contributed by atoms with Crippen molar-refractivity contribution in [3.8, 4) is 11.5 Å². The van der Waals surface area contributed by atoms with Crippen molar-refractivity contribution in [1.29, 1.82) is 0 Å². The van der Waals surface area contributed by atoms with Crippen LogP contribution in [0.15, 0.2) is 40.9 Å². The molecular formula is C19H21BrO4. The molecule has 2 aromatic carbocycles. The van der Waals surface area contributed by atoms with Crippen LogP contribution in [0.5, 0.6) is 11.5 Å². The topological polar surface area (TPSA) is 55.8 Å². The van der Waals surface area contributed by atoms with Crippen molar-refractivity contribution in [2.45, 2.75) is 26.7 Å². The second kappa shape index (κ2) is 8.73. The molecule has 0 aliphatic heterocycles. The van der Waals surface area contributed by atoms with Crippen molar-refractivity contribution in [2.24, 2.45) is 0 Å². The molecule has 128 valence electrons. The molecule has 0 heterocycles. The third-order valence-electron chi connectivity index (χ3n) is 3.57. The first-order valence-electron chi connectivity index (χ1n) is 7.79. The number of aryl methyl sites for hydroxylation is 3. The van der Waals surface area contributed by atoms with Crippen LogP contribution in [0.2, 0.25) is 0 Å². The normalized spacial score (nSPS) is 10.5. The number of carboxylic acid groups (broad SMARTS) is 1. The second-order valence-electron chi connectivity index (χ2n) is 5.62. The van der Waals surface area contributed by atoms with Gasteiger partial charge in [0.2, 0.25) is 0 Å². The second-order valence-corrected chi connectivity index (χ2v) is 6.48. The molecule has 24 heavy (non-hydrogen) atoms. The Kier molecular flexibility index (Phi) is 6.67. The molecular weight excluding hydrogens is 372 g/mol. The van der Waals surface area contributed by atoms with E-state index >= 15 is 0 Å². The Morgan fingerprint density at radius 1 is 1.04 bits per heavy atom. The molecule has 0 radical (unpaired) electrons. The van der Waals surface area contributed by atoms with Gasteiger partial charge in [-0.2, -0.15) is 0 Å². The summed E-state index contributed by atoms with van der Waals surface area (Å²) < 4.78 is 12.3. The zero-order valence-corrected chi connectivity index (χ0v) is 15.4. The molecule has 4 nitrogen and oxygen atoms in total. The molecule has 1 N–H and O–H groups in total. The molecule has 0 aliphatic carbocycles. The highest BCUT2D eigenvalue weighted by atomic mass is 79.9. The maximum Gasteiger partial charge on any atom is 0.303 e. The van der Waals surface area contributed by atoms with Gasteiger partial charge in [-0.05, 0) is 71.1 Å². The Labute approximate surface area is 150 Å². The average molecular weight is 393 g/mol. The van der Waals surface area contributed by atoms with Gasteiger partial charge in [0.25, 0.3) is 0 Å². The van der Waals surface area contributed by atoms with Gasteiger partial charge in [-0.3, -0.25) is 4.79 Å². The number of benzene rings is 2. The minimum atomic E-state index is -0.796. The molecule has 0 bridgehead atoms. The first-order chi connectivity index (χ1) is 11.5. The number of hydrogen-bond acceptors (Lipinski definition) is 3. The molecule has 0 aliphatic rings. The average Bonchev–Trinajstić information content (AvgIpc) is 2.54. The van der Waals surface area contributed by atoms with E-state index in [-0.39, 0.29) is 6.42 Å². The highest BCUT2D eigenvalue weighted by Gasteiger charge is 2.05. The van der Waals surface area contributed by atoms with Crippen molar-refractivity contribution >= 4 is 21.9 Å². The lowest BCUT2D eigenvalue weighted by atomic mass is 10.1. The number of rotatable bonds is 8. The van der Waals surface area contributed by atoms with Gasteiger partial charge in [0.15, 0.2) is 0 Å². The smallest absolute Gasteiger partial charge is 0.303 e. The van der Waals surface area contributed by atoms with E-state index < -0.39 is 5.97 Å². The number of carbonyl (C=O) groups is 1. The predicted molar refractivity (Wildman–Crippen MR) is 97.0 cm³/mol. The van der Waals surface area contributed by atoms with Gasteiger partial charge in [-0.25, -0.2) is 0 Å². The largest absolute Gasteiger partial charge is 0.490 e. The van der Waals surface area contributed by atoms with E-state index in [9.17, 15) is 4.79 Å². The summed E-state index contributed by atoms with van der Waals surface area (Å²) in [6, 6.07) is 11.7. The van der Waals surface area contributed by atoms with Gasteiger partial charge < -0.3 is 14.6 Å². The van der Waals surface area contributed by atoms with Crippen LogP contribution in [0.25, 0.3) is 0 Å². The van der Waals surface area contributed by atoms with E-state index in [0.29, 0.717) is 19.6 Å². The Bertz CT molecular complexity index is 713. The Balaban J connectivity index is 1.83. The highest BCUT2D eigenvalue weighted by Crippen LogP contribution is 2.26. The zero-order chi connectivity index (χ0) is 17.5. The molecule has 0 saturated carbocycles. The molecule has 2 aromatic rings. The van der Waals surface area contributed by atoms with Crippen LogP contribution in [0, 0.1) is 13.8 Å². The fraction of sp³-hybridized carbons (Fsp3) is 0.316. The first-order valence-corrected chi connectivity index (χ1v) is 8.58. The van der Waals surface area contributed by atoms with Crippen molar-refractivity contribution in [1.82, 2.24) is 0 Å². The summed E-state index contributed by atoms with van der Waals surface area (Å²) in [6.07, 6.45) is 0.625. The monoisotopic (exact) mass is 392 g/mol. The van der Waals surface area contributed by atoms with Crippen LogP contribution in [-0.4, -0.2) is 24.3 Å². The number of halogens is 1. The highest BCUT2D eigenvalue weighted by molar-refractivity contribution is 9.10. The van der Waals surface area contributed by atoms with Crippen molar-refractivity contribution in [3.63, 3.8) is 0 Å². The van der Waals surface area contributed by atoms with E-state index in [4.69, 9.17) is 14.6 Å². The van der Waals surface area contributed by atoms with Crippen molar-refractivity contribution in [3.05, 3.63) is 57.6 Å². The number of carboxylic acids is 1. The van der Waals surface area contributed by atoms with Crippen LogP contribution in [0.3, 0.4) is 0 Å². The van der Waals surface area contributed by atoms with Crippen LogP contribution >= 0.6 is 15.9 Å². The van der Waals surface area contributed by atoms with Gasteiger partial charge in [-0.1, -0.05) is 18.2 Å². The molecule has 5 heteroatoms. The van der Waals surface area contributed by atoms with Gasteiger partial charge >= 0.3 is 5.97 Å². The quantitative estimate of drug-likeness (QED) is 0.669. The molecule has 0 amide bonds. The maximum absolute atomic E-state index is 10.6. The summed E-state index contributed by atoms with van der Waals surface area (Å²) in [5, 5.41) is 8.72. The number of ether oxygens (including phenoxy) is 2. The number of aliphatic carboxylic acids is 1. The van der Waals surface area contributed by atoms with E-state index in [2.05, 4.69) is 22.0 Å². The minimum Gasteiger partial charge on any atom is -0.490 e. The Hall–Kier alpha value is -2.01. The molecule has 0 spiro atoms. The zero-order valence-electron chi connectivity index (χ0n) is 13.8. The Morgan fingerprint density at radius 2 is 1.75 bits per heavy atom. The molecule has 0 aromatic heterocycles. The summed E-state index contributed by atoms with van der Waals surface area (Å²) in [6.45, 7) is 4.94. The SMILES string of the molecule is Cc1ccc(C)c(OCCOc2ccc(CCC(=O)O)cc2Br)c1. The van der Waals surface area contributed by atoms with Crippen LogP contribution in [0.1, 0.15) is 23.1 Å². The predicted octanol–water partition coefficient (Wildman–Crippen LogP) is 4.54. The van der Waals surface area contributed by atoms with Crippen LogP contribution in [-0.2, 0) is 11.2 Å². The molecule has 0 atom stereocenters. The summed E-state index contributed by atoms with van der Waals surface area (Å²) in [7, 11) is 0. The van der Waals surface area contributed by atoms with E-state index in [1.807, 2.05) is 44.2 Å². The summed E-state index contributed by atoms with van der Waals surface area (Å²) in [5.41, 5.74) is 3.23. The standard InChI is InChI=1S/C19H21BrO4/c1-13-3-4-14(2)18(11-13)24-10-9-23-17-7-5-15(12-16(17)20)6-8-19(21)22/h3-5,7,11-12H,6,8-10H2,1-2H3,(H,21,22). The van der Waals surface area contributed by atoms with Gasteiger partial charge in [0.1, 0.15) is 24.7 Å². The summed E-state index contributed by atoms with van der Waals surface area (Å²) >= 11 is 3.46. The molecule has 0 saturated heterocycles. The van der Waals surface area contributed by atoms with Crippen LogP contribution < -0.4 is 9.47 Å². The summed E-state index contributed by atoms with van der Waals surface area (Å²) in [5.74, 6) is 0.801. The maximum atomic E-state index is 10.6. The number of hydrogen-bond donors (Lipinski definition) is 1. The fourth-order valence-corrected chi connectivity index (χ4v) is 2.77. The molecule has 0 unspecified atom stereocenters. The summed E-state index contributed by atoms with van der Waals surface area (Å²) in [4.78, 5) is 10.6. The van der Waals surface area contributed by atoms with Gasteiger partial charge in [0.05, 0.1) is 4.47 Å². The first kappa shape index (κ1) is 18.3. The van der Waals surface area contributed by atoms with Gasteiger partial charge in [-0.15, -0.1) is 0 Å².